The van der Waals surface area contributed by atoms with Crippen molar-refractivity contribution in [2.24, 2.45) is 7.05 Å². The van der Waals surface area contributed by atoms with E-state index in [1.807, 2.05) is 0 Å². The SMILES string of the molecule is COc1cccc2c1c(-c1c(C)cc(C)cc1C)c1ccccc1[n+]2C.[Br-]. The summed E-state index contributed by atoms with van der Waals surface area (Å²) in [5, 5.41) is 2.42. The fourth-order valence-electron chi connectivity index (χ4n) is 4.30. The van der Waals surface area contributed by atoms with Crippen LogP contribution in [0.1, 0.15) is 16.7 Å². The lowest BCUT2D eigenvalue weighted by Gasteiger charge is -2.17. The van der Waals surface area contributed by atoms with Gasteiger partial charge in [0.15, 0.2) is 0 Å². The van der Waals surface area contributed by atoms with E-state index in [4.69, 9.17) is 4.74 Å². The van der Waals surface area contributed by atoms with Crippen molar-refractivity contribution < 1.29 is 26.3 Å². The molecule has 0 bridgehead atoms. The summed E-state index contributed by atoms with van der Waals surface area (Å²) in [6.45, 7) is 6.57. The van der Waals surface area contributed by atoms with E-state index in [0.717, 1.165) is 5.75 Å². The van der Waals surface area contributed by atoms with Crippen LogP contribution in [0, 0.1) is 20.8 Å². The van der Waals surface area contributed by atoms with Crippen molar-refractivity contribution in [3.63, 3.8) is 0 Å². The number of rotatable bonds is 2. The Bertz CT molecular complexity index is 1140. The number of aryl methyl sites for hydroxylation is 4. The number of benzene rings is 3. The van der Waals surface area contributed by atoms with Crippen molar-refractivity contribution in [3.8, 4) is 16.9 Å². The molecule has 3 heteroatoms. The van der Waals surface area contributed by atoms with Gasteiger partial charge in [-0.15, -0.1) is 0 Å². The molecule has 0 saturated carbocycles. The number of fused-ring (bicyclic) bond motifs is 2. The molecule has 2 nitrogen and oxygen atoms in total. The second-order valence-corrected chi connectivity index (χ2v) is 7.08. The van der Waals surface area contributed by atoms with Crippen molar-refractivity contribution in [1.29, 1.82) is 0 Å². The van der Waals surface area contributed by atoms with Gasteiger partial charge in [-0.1, -0.05) is 35.9 Å². The van der Waals surface area contributed by atoms with Crippen LogP contribution in [0.4, 0.5) is 0 Å². The predicted octanol–water partition coefficient (Wildman–Crippen LogP) is 2.42. The van der Waals surface area contributed by atoms with Gasteiger partial charge in [-0.2, -0.15) is 4.57 Å². The maximum absolute atomic E-state index is 5.78. The van der Waals surface area contributed by atoms with Crippen LogP contribution < -0.4 is 26.3 Å². The largest absolute Gasteiger partial charge is 1.00 e. The number of nitrogens with zero attached hydrogens (tertiary/aromatic N) is 1. The Morgan fingerprint density at radius 1 is 0.778 bits per heavy atom. The number of halogens is 1. The van der Waals surface area contributed by atoms with Crippen LogP contribution in [-0.4, -0.2) is 7.11 Å². The summed E-state index contributed by atoms with van der Waals surface area (Å²) in [5.74, 6) is 0.915. The third-order valence-electron chi connectivity index (χ3n) is 5.30. The number of aromatic nitrogens is 1. The standard InChI is InChI=1S/C24H24NO.BrH/c1-15-13-16(2)22(17(3)14-15)23-18-9-6-7-10-19(18)25(4)20-11-8-12-21(26-5)24(20)23;/h6-14H,1-5H3;1H/q+1;/p-1. The quantitative estimate of drug-likeness (QED) is 0.357. The van der Waals surface area contributed by atoms with E-state index in [2.05, 4.69) is 87.0 Å². The van der Waals surface area contributed by atoms with E-state index < -0.39 is 0 Å². The molecular formula is C24H24BrNO. The number of ether oxygens (including phenoxy) is 1. The van der Waals surface area contributed by atoms with Crippen LogP contribution in [0.25, 0.3) is 32.9 Å². The first-order valence-corrected chi connectivity index (χ1v) is 8.98. The molecule has 3 aromatic carbocycles. The minimum absolute atomic E-state index is 0. The van der Waals surface area contributed by atoms with Gasteiger partial charge in [-0.25, -0.2) is 0 Å². The van der Waals surface area contributed by atoms with Gasteiger partial charge in [-0.05, 0) is 49.6 Å². The minimum Gasteiger partial charge on any atom is -1.00 e. The Morgan fingerprint density at radius 3 is 2.07 bits per heavy atom. The summed E-state index contributed by atoms with van der Waals surface area (Å²) in [7, 11) is 3.88. The molecule has 0 aliphatic rings. The molecule has 4 aromatic rings. The molecule has 138 valence electrons. The maximum Gasteiger partial charge on any atom is 0.217 e. The molecule has 1 aromatic heterocycles. The average molecular weight is 422 g/mol. The first-order valence-electron chi connectivity index (χ1n) is 8.98. The Hall–Kier alpha value is -2.39. The molecule has 0 N–H and O–H groups in total. The second kappa shape index (κ2) is 7.32. The summed E-state index contributed by atoms with van der Waals surface area (Å²) < 4.78 is 8.04. The van der Waals surface area contributed by atoms with Crippen molar-refractivity contribution in [2.45, 2.75) is 20.8 Å². The van der Waals surface area contributed by atoms with Crippen LogP contribution in [0.2, 0.25) is 0 Å². The van der Waals surface area contributed by atoms with Crippen LogP contribution in [0.3, 0.4) is 0 Å². The molecule has 0 amide bonds. The minimum atomic E-state index is 0. The van der Waals surface area contributed by atoms with E-state index in [1.165, 1.54) is 49.6 Å². The Kier molecular flexibility index (Phi) is 5.25. The third kappa shape index (κ3) is 3.00. The van der Waals surface area contributed by atoms with E-state index in [1.54, 1.807) is 7.11 Å². The van der Waals surface area contributed by atoms with E-state index in [9.17, 15) is 0 Å². The molecule has 0 spiro atoms. The van der Waals surface area contributed by atoms with Gasteiger partial charge in [0.05, 0.1) is 17.9 Å². The molecule has 0 atom stereocenters. The van der Waals surface area contributed by atoms with Gasteiger partial charge >= 0.3 is 0 Å². The van der Waals surface area contributed by atoms with Gasteiger partial charge in [0.2, 0.25) is 11.0 Å². The van der Waals surface area contributed by atoms with Crippen LogP contribution >= 0.6 is 0 Å². The zero-order valence-electron chi connectivity index (χ0n) is 16.4. The van der Waals surface area contributed by atoms with Crippen LogP contribution in [0.5, 0.6) is 5.75 Å². The maximum atomic E-state index is 5.78. The van der Waals surface area contributed by atoms with Crippen molar-refractivity contribution in [3.05, 3.63) is 71.3 Å². The molecule has 0 unspecified atom stereocenters. The molecule has 0 aliphatic carbocycles. The number of hydrogen-bond donors (Lipinski definition) is 0. The molecule has 4 rings (SSSR count). The van der Waals surface area contributed by atoms with Gasteiger partial charge in [-0.3, -0.25) is 0 Å². The summed E-state index contributed by atoms with van der Waals surface area (Å²) >= 11 is 0. The van der Waals surface area contributed by atoms with E-state index in [0.29, 0.717) is 0 Å². The van der Waals surface area contributed by atoms with Crippen molar-refractivity contribution >= 4 is 21.8 Å². The highest BCUT2D eigenvalue weighted by atomic mass is 79.9. The Labute approximate surface area is 171 Å². The highest BCUT2D eigenvalue weighted by Crippen LogP contribution is 2.41. The summed E-state index contributed by atoms with van der Waals surface area (Å²) in [6, 6.07) is 19.5. The fourth-order valence-corrected chi connectivity index (χ4v) is 4.30. The summed E-state index contributed by atoms with van der Waals surface area (Å²) in [4.78, 5) is 0. The highest BCUT2D eigenvalue weighted by molar-refractivity contribution is 6.10. The molecule has 1 heterocycles. The smallest absolute Gasteiger partial charge is 0.217 e. The number of methoxy groups -OCH3 is 1. The van der Waals surface area contributed by atoms with Crippen LogP contribution in [-0.2, 0) is 7.05 Å². The number of hydrogen-bond acceptors (Lipinski definition) is 1. The van der Waals surface area contributed by atoms with Gasteiger partial charge in [0.25, 0.3) is 0 Å². The van der Waals surface area contributed by atoms with Gasteiger partial charge < -0.3 is 21.7 Å². The van der Waals surface area contributed by atoms with E-state index >= 15 is 0 Å². The second-order valence-electron chi connectivity index (χ2n) is 7.08. The predicted molar refractivity (Wildman–Crippen MR) is 109 cm³/mol. The Balaban J connectivity index is 0.00000210. The molecule has 0 fully saturated rings. The highest BCUT2D eigenvalue weighted by Gasteiger charge is 2.23. The van der Waals surface area contributed by atoms with Crippen molar-refractivity contribution in [1.82, 2.24) is 0 Å². The molecule has 27 heavy (non-hydrogen) atoms. The average Bonchev–Trinajstić information content (AvgIpc) is 2.63. The lowest BCUT2D eigenvalue weighted by Crippen LogP contribution is -3.00. The number of pyridine rings is 1. The normalized spacial score (nSPS) is 10.9. The Morgan fingerprint density at radius 2 is 1.41 bits per heavy atom. The zero-order chi connectivity index (χ0) is 18.4. The number of para-hydroxylation sites is 1. The fraction of sp³-hybridized carbons (Fsp3) is 0.208. The van der Waals surface area contributed by atoms with Crippen LogP contribution in [0.15, 0.2) is 54.6 Å². The molecule has 0 saturated heterocycles. The topological polar surface area (TPSA) is 13.1 Å². The van der Waals surface area contributed by atoms with Gasteiger partial charge in [0.1, 0.15) is 12.8 Å². The zero-order valence-corrected chi connectivity index (χ0v) is 18.0. The molecular weight excluding hydrogens is 398 g/mol. The molecule has 0 aliphatic heterocycles. The summed E-state index contributed by atoms with van der Waals surface area (Å²) in [5.41, 5.74) is 8.87. The lowest BCUT2D eigenvalue weighted by atomic mass is 9.88. The first kappa shape index (κ1) is 19.4. The first-order chi connectivity index (χ1) is 12.5. The van der Waals surface area contributed by atoms with Gasteiger partial charge in [0, 0.05) is 17.7 Å². The van der Waals surface area contributed by atoms with E-state index in [-0.39, 0.29) is 17.0 Å². The molecule has 0 radical (unpaired) electrons. The third-order valence-corrected chi connectivity index (χ3v) is 5.30. The summed E-state index contributed by atoms with van der Waals surface area (Å²) in [6.07, 6.45) is 0. The lowest BCUT2D eigenvalue weighted by molar-refractivity contribution is -0.617. The van der Waals surface area contributed by atoms with Crippen molar-refractivity contribution in [2.75, 3.05) is 7.11 Å². The monoisotopic (exact) mass is 421 g/mol.